The second kappa shape index (κ2) is 5.67. The van der Waals surface area contributed by atoms with Gasteiger partial charge in [-0.3, -0.25) is 0 Å². The summed E-state index contributed by atoms with van der Waals surface area (Å²) in [6.45, 7) is 3.14. The SMILES string of the molecule is CCCn1nncc1C1CCCCC(Cl)C1. The van der Waals surface area contributed by atoms with E-state index in [-0.39, 0.29) is 0 Å². The highest BCUT2D eigenvalue weighted by Gasteiger charge is 2.23. The summed E-state index contributed by atoms with van der Waals surface area (Å²) in [5.41, 5.74) is 1.29. The minimum Gasteiger partial charge on any atom is -0.249 e. The third-order valence-electron chi connectivity index (χ3n) is 3.36. The minimum absolute atomic E-state index is 0.331. The molecule has 0 amide bonds. The second-order valence-corrected chi connectivity index (χ2v) is 5.31. The summed E-state index contributed by atoms with van der Waals surface area (Å²) in [5.74, 6) is 0.562. The first kappa shape index (κ1) is 11.9. The number of halogens is 1. The number of alkyl halides is 1. The molecule has 0 aliphatic heterocycles. The first-order valence-electron chi connectivity index (χ1n) is 6.33. The Hall–Kier alpha value is -0.570. The molecule has 0 saturated heterocycles. The van der Waals surface area contributed by atoms with Gasteiger partial charge in [0.25, 0.3) is 0 Å². The molecule has 1 aliphatic rings. The summed E-state index contributed by atoms with van der Waals surface area (Å²) in [6.07, 6.45) is 9.06. The van der Waals surface area contributed by atoms with Crippen LogP contribution >= 0.6 is 11.6 Å². The molecule has 0 spiro atoms. The summed E-state index contributed by atoms with van der Waals surface area (Å²) >= 11 is 6.31. The van der Waals surface area contributed by atoms with Crippen molar-refractivity contribution in [1.82, 2.24) is 15.0 Å². The maximum atomic E-state index is 6.31. The number of hydrogen-bond acceptors (Lipinski definition) is 2. The normalized spacial score (nSPS) is 26.6. The molecule has 1 heterocycles. The molecule has 1 aromatic heterocycles. The highest BCUT2D eigenvalue weighted by atomic mass is 35.5. The van der Waals surface area contributed by atoms with E-state index < -0.39 is 0 Å². The molecule has 2 atom stereocenters. The van der Waals surface area contributed by atoms with E-state index in [4.69, 9.17) is 11.6 Å². The molecule has 1 aliphatic carbocycles. The summed E-state index contributed by atoms with van der Waals surface area (Å²) in [6, 6.07) is 0. The van der Waals surface area contributed by atoms with Gasteiger partial charge in [0.15, 0.2) is 0 Å². The van der Waals surface area contributed by atoms with Gasteiger partial charge < -0.3 is 0 Å². The zero-order valence-electron chi connectivity index (χ0n) is 9.90. The van der Waals surface area contributed by atoms with Crippen LogP contribution in [0.25, 0.3) is 0 Å². The van der Waals surface area contributed by atoms with E-state index in [0.717, 1.165) is 25.8 Å². The quantitative estimate of drug-likeness (QED) is 0.600. The zero-order valence-corrected chi connectivity index (χ0v) is 10.7. The lowest BCUT2D eigenvalue weighted by molar-refractivity contribution is 0.495. The number of nitrogens with zero attached hydrogens (tertiary/aromatic N) is 3. The van der Waals surface area contributed by atoms with Gasteiger partial charge in [-0.25, -0.2) is 4.68 Å². The Morgan fingerprint density at radius 3 is 3.06 bits per heavy atom. The Morgan fingerprint density at radius 2 is 2.25 bits per heavy atom. The van der Waals surface area contributed by atoms with Crippen molar-refractivity contribution in [3.63, 3.8) is 0 Å². The molecule has 90 valence electrons. The molecule has 0 aromatic carbocycles. The highest BCUT2D eigenvalue weighted by molar-refractivity contribution is 6.20. The van der Waals surface area contributed by atoms with Crippen LogP contribution in [-0.4, -0.2) is 20.4 Å². The molecule has 0 bridgehead atoms. The molecule has 1 saturated carbocycles. The Labute approximate surface area is 102 Å². The van der Waals surface area contributed by atoms with Crippen LogP contribution in [0, 0.1) is 0 Å². The molecule has 1 aromatic rings. The lowest BCUT2D eigenvalue weighted by atomic mass is 9.97. The summed E-state index contributed by atoms with van der Waals surface area (Å²) in [5, 5.41) is 8.53. The monoisotopic (exact) mass is 241 g/mol. The van der Waals surface area contributed by atoms with Crippen LogP contribution in [0.5, 0.6) is 0 Å². The maximum Gasteiger partial charge on any atom is 0.0728 e. The summed E-state index contributed by atoms with van der Waals surface area (Å²) in [7, 11) is 0. The van der Waals surface area contributed by atoms with Crippen LogP contribution in [0.2, 0.25) is 0 Å². The highest BCUT2D eigenvalue weighted by Crippen LogP contribution is 2.33. The third-order valence-corrected chi connectivity index (χ3v) is 3.76. The fraction of sp³-hybridized carbons (Fsp3) is 0.833. The van der Waals surface area contributed by atoms with Crippen molar-refractivity contribution in [3.8, 4) is 0 Å². The van der Waals surface area contributed by atoms with Crippen molar-refractivity contribution in [1.29, 1.82) is 0 Å². The largest absolute Gasteiger partial charge is 0.249 e. The molecular formula is C12H20ClN3. The molecule has 2 unspecified atom stereocenters. The first-order valence-corrected chi connectivity index (χ1v) is 6.77. The van der Waals surface area contributed by atoms with E-state index in [2.05, 4.69) is 21.9 Å². The Kier molecular flexibility index (Phi) is 4.22. The predicted molar refractivity (Wildman–Crippen MR) is 65.8 cm³/mol. The van der Waals surface area contributed by atoms with Crippen LogP contribution < -0.4 is 0 Å². The van der Waals surface area contributed by atoms with E-state index in [1.54, 1.807) is 0 Å². The van der Waals surface area contributed by atoms with Crippen molar-refractivity contribution in [2.75, 3.05) is 0 Å². The Bertz CT molecular complexity index is 324. The van der Waals surface area contributed by atoms with Crippen LogP contribution in [0.3, 0.4) is 0 Å². The number of aromatic nitrogens is 3. The van der Waals surface area contributed by atoms with E-state index in [0.29, 0.717) is 11.3 Å². The molecule has 4 heteroatoms. The van der Waals surface area contributed by atoms with Crippen molar-refractivity contribution in [3.05, 3.63) is 11.9 Å². The second-order valence-electron chi connectivity index (χ2n) is 4.70. The summed E-state index contributed by atoms with van der Waals surface area (Å²) in [4.78, 5) is 0. The van der Waals surface area contributed by atoms with Crippen LogP contribution in [-0.2, 0) is 6.54 Å². The lowest BCUT2D eigenvalue weighted by Crippen LogP contribution is -2.11. The molecule has 0 N–H and O–H groups in total. The molecule has 16 heavy (non-hydrogen) atoms. The van der Waals surface area contributed by atoms with Gasteiger partial charge in [0.1, 0.15) is 0 Å². The van der Waals surface area contributed by atoms with Gasteiger partial charge >= 0.3 is 0 Å². The average Bonchev–Trinajstić information content (AvgIpc) is 2.61. The Balaban J connectivity index is 2.11. The van der Waals surface area contributed by atoms with E-state index in [1.165, 1.54) is 25.0 Å². The van der Waals surface area contributed by atoms with E-state index in [9.17, 15) is 0 Å². The van der Waals surface area contributed by atoms with Crippen molar-refractivity contribution >= 4 is 11.6 Å². The van der Waals surface area contributed by atoms with Gasteiger partial charge in [0.05, 0.1) is 11.9 Å². The van der Waals surface area contributed by atoms with Crippen LogP contribution in [0.1, 0.15) is 57.1 Å². The lowest BCUT2D eigenvalue weighted by Gasteiger charge is -2.16. The average molecular weight is 242 g/mol. The van der Waals surface area contributed by atoms with Crippen molar-refractivity contribution in [2.24, 2.45) is 0 Å². The number of rotatable bonds is 3. The van der Waals surface area contributed by atoms with Gasteiger partial charge in [0.2, 0.25) is 0 Å². The fourth-order valence-electron chi connectivity index (χ4n) is 2.54. The Morgan fingerprint density at radius 1 is 1.44 bits per heavy atom. The molecule has 0 radical (unpaired) electrons. The standard InChI is InChI=1S/C12H20ClN3/c1-2-7-16-12(9-14-15-16)10-5-3-4-6-11(13)8-10/h9-11H,2-8H2,1H3. The summed E-state index contributed by atoms with van der Waals surface area (Å²) < 4.78 is 2.06. The van der Waals surface area contributed by atoms with Gasteiger partial charge in [0, 0.05) is 17.8 Å². The minimum atomic E-state index is 0.331. The van der Waals surface area contributed by atoms with E-state index in [1.807, 2.05) is 6.20 Å². The van der Waals surface area contributed by atoms with Gasteiger partial charge in [-0.05, 0) is 25.7 Å². The zero-order chi connectivity index (χ0) is 11.4. The van der Waals surface area contributed by atoms with Gasteiger partial charge in [-0.1, -0.05) is 25.0 Å². The smallest absolute Gasteiger partial charge is 0.0728 e. The van der Waals surface area contributed by atoms with Crippen molar-refractivity contribution < 1.29 is 0 Å². The molecule has 2 rings (SSSR count). The van der Waals surface area contributed by atoms with Gasteiger partial charge in [-0.2, -0.15) is 0 Å². The molecule has 3 nitrogen and oxygen atoms in total. The van der Waals surface area contributed by atoms with E-state index >= 15 is 0 Å². The third kappa shape index (κ3) is 2.76. The number of aryl methyl sites for hydroxylation is 1. The predicted octanol–water partition coefficient (Wildman–Crippen LogP) is 3.34. The van der Waals surface area contributed by atoms with Crippen LogP contribution in [0.15, 0.2) is 6.20 Å². The maximum absolute atomic E-state index is 6.31. The molecular weight excluding hydrogens is 222 g/mol. The first-order chi connectivity index (χ1) is 7.81. The van der Waals surface area contributed by atoms with Crippen molar-refractivity contribution in [2.45, 2.75) is 63.3 Å². The number of hydrogen-bond donors (Lipinski definition) is 0. The fourth-order valence-corrected chi connectivity index (χ4v) is 2.91. The van der Waals surface area contributed by atoms with Crippen LogP contribution in [0.4, 0.5) is 0 Å². The molecule has 1 fully saturated rings. The topological polar surface area (TPSA) is 30.7 Å². The van der Waals surface area contributed by atoms with Gasteiger partial charge in [-0.15, -0.1) is 16.7 Å².